The summed E-state index contributed by atoms with van der Waals surface area (Å²) >= 11 is 0. The first-order chi connectivity index (χ1) is 18.4. The van der Waals surface area contributed by atoms with Crippen molar-refractivity contribution < 1.29 is 14.3 Å². The molecule has 4 aromatic rings. The van der Waals surface area contributed by atoms with E-state index < -0.39 is 0 Å². The Balaban J connectivity index is 1.41. The molecule has 194 valence electrons. The number of ether oxygens (including phenoxy) is 1. The van der Waals surface area contributed by atoms with E-state index in [9.17, 15) is 9.59 Å². The number of rotatable bonds is 10. The second-order valence-electron chi connectivity index (χ2n) is 9.54. The Bertz CT molecular complexity index is 1360. The molecule has 0 heterocycles. The summed E-state index contributed by atoms with van der Waals surface area (Å²) in [6.45, 7) is 5.08. The maximum Gasteiger partial charge on any atom is 0.258 e. The molecular formula is C33H34N2O3. The summed E-state index contributed by atoms with van der Waals surface area (Å²) in [5.74, 6) is 0.730. The van der Waals surface area contributed by atoms with E-state index in [-0.39, 0.29) is 18.2 Å². The number of carbonyl (C=O) groups excluding carboxylic acids is 2. The van der Waals surface area contributed by atoms with Gasteiger partial charge in [0, 0.05) is 17.8 Å². The standard InChI is InChI=1S/C33H34N2O3/c1-24-7-13-29(14-8-24)33(37)35(23-28-6-4-5-25(2)21-28)30-15-9-27(10-16-30)22-32(36)34-20-19-26-11-17-31(38-3)18-12-26/h4-18,21H,19-20,22-23H2,1-3H3,(H,34,36). The van der Waals surface area contributed by atoms with Gasteiger partial charge in [-0.15, -0.1) is 0 Å². The fraction of sp³-hybridized carbons (Fsp3) is 0.212. The van der Waals surface area contributed by atoms with Crippen LogP contribution in [0.3, 0.4) is 0 Å². The summed E-state index contributed by atoms with van der Waals surface area (Å²) < 4.78 is 5.18. The lowest BCUT2D eigenvalue weighted by atomic mass is 10.1. The zero-order chi connectivity index (χ0) is 26.9. The summed E-state index contributed by atoms with van der Waals surface area (Å²) in [7, 11) is 1.64. The summed E-state index contributed by atoms with van der Waals surface area (Å²) in [4.78, 5) is 27.8. The van der Waals surface area contributed by atoms with Gasteiger partial charge in [-0.2, -0.15) is 0 Å². The van der Waals surface area contributed by atoms with Crippen LogP contribution in [-0.2, 0) is 24.2 Å². The third-order valence-electron chi connectivity index (χ3n) is 6.47. The lowest BCUT2D eigenvalue weighted by molar-refractivity contribution is -0.120. The van der Waals surface area contributed by atoms with Crippen LogP contribution in [0.25, 0.3) is 0 Å². The maximum atomic E-state index is 13.5. The molecule has 0 aliphatic rings. The van der Waals surface area contributed by atoms with Gasteiger partial charge in [0.1, 0.15) is 5.75 Å². The Kier molecular flexibility index (Phi) is 8.94. The molecule has 4 rings (SSSR count). The summed E-state index contributed by atoms with van der Waals surface area (Å²) in [5.41, 5.74) is 6.79. The quantitative estimate of drug-likeness (QED) is 0.284. The van der Waals surface area contributed by atoms with Crippen molar-refractivity contribution in [2.24, 2.45) is 0 Å². The van der Waals surface area contributed by atoms with Gasteiger partial charge in [0.05, 0.1) is 20.1 Å². The highest BCUT2D eigenvalue weighted by atomic mass is 16.5. The third kappa shape index (κ3) is 7.32. The topological polar surface area (TPSA) is 58.6 Å². The number of hydrogen-bond donors (Lipinski definition) is 1. The van der Waals surface area contributed by atoms with Crippen molar-refractivity contribution in [2.75, 3.05) is 18.6 Å². The molecule has 38 heavy (non-hydrogen) atoms. The molecule has 1 N–H and O–H groups in total. The van der Waals surface area contributed by atoms with Gasteiger partial charge in [0.25, 0.3) is 5.91 Å². The number of nitrogens with one attached hydrogen (secondary N) is 1. The molecule has 0 spiro atoms. The Morgan fingerprint density at radius 2 is 1.45 bits per heavy atom. The zero-order valence-corrected chi connectivity index (χ0v) is 22.2. The molecule has 0 bridgehead atoms. The van der Waals surface area contributed by atoms with Crippen molar-refractivity contribution >= 4 is 17.5 Å². The summed E-state index contributed by atoms with van der Waals surface area (Å²) in [5, 5.41) is 2.99. The molecule has 0 aliphatic heterocycles. The first-order valence-corrected chi connectivity index (χ1v) is 12.8. The Hall–Kier alpha value is -4.38. The Labute approximate surface area is 225 Å². The van der Waals surface area contributed by atoms with Crippen LogP contribution >= 0.6 is 0 Å². The van der Waals surface area contributed by atoms with E-state index in [0.29, 0.717) is 18.7 Å². The number of carbonyl (C=O) groups is 2. The van der Waals surface area contributed by atoms with E-state index in [2.05, 4.69) is 11.4 Å². The van der Waals surface area contributed by atoms with Crippen molar-refractivity contribution in [2.45, 2.75) is 33.2 Å². The minimum absolute atomic E-state index is 0.0291. The fourth-order valence-electron chi connectivity index (χ4n) is 4.31. The summed E-state index contributed by atoms with van der Waals surface area (Å²) in [6.07, 6.45) is 1.04. The lowest BCUT2D eigenvalue weighted by Crippen LogP contribution is -2.30. The first kappa shape index (κ1) is 26.7. The molecule has 0 atom stereocenters. The first-order valence-electron chi connectivity index (χ1n) is 12.8. The van der Waals surface area contributed by atoms with Crippen LogP contribution < -0.4 is 15.0 Å². The number of nitrogens with zero attached hydrogens (tertiary/aromatic N) is 1. The molecule has 0 saturated heterocycles. The molecule has 0 radical (unpaired) electrons. The highest BCUT2D eigenvalue weighted by molar-refractivity contribution is 6.06. The van der Waals surface area contributed by atoms with Crippen molar-refractivity contribution in [3.63, 3.8) is 0 Å². The van der Waals surface area contributed by atoms with Crippen LogP contribution in [-0.4, -0.2) is 25.5 Å². The van der Waals surface area contributed by atoms with Crippen LogP contribution in [0.4, 0.5) is 5.69 Å². The molecule has 5 heteroatoms. The molecule has 0 unspecified atom stereocenters. The van der Waals surface area contributed by atoms with Crippen LogP contribution in [0, 0.1) is 13.8 Å². The molecule has 5 nitrogen and oxygen atoms in total. The van der Waals surface area contributed by atoms with E-state index in [4.69, 9.17) is 4.74 Å². The number of hydrogen-bond acceptors (Lipinski definition) is 3. The molecule has 0 fully saturated rings. The predicted molar refractivity (Wildman–Crippen MR) is 153 cm³/mol. The van der Waals surface area contributed by atoms with Gasteiger partial charge < -0.3 is 15.0 Å². The minimum atomic E-state index is -0.0597. The van der Waals surface area contributed by atoms with E-state index in [1.807, 2.05) is 105 Å². The molecule has 0 aliphatic carbocycles. The van der Waals surface area contributed by atoms with Gasteiger partial charge in [0.2, 0.25) is 5.91 Å². The number of benzene rings is 4. The maximum absolute atomic E-state index is 13.5. The predicted octanol–water partition coefficient (Wildman–Crippen LogP) is 6.06. The van der Waals surface area contributed by atoms with E-state index in [1.165, 1.54) is 0 Å². The highest BCUT2D eigenvalue weighted by Gasteiger charge is 2.19. The van der Waals surface area contributed by atoms with E-state index in [1.54, 1.807) is 12.0 Å². The molecule has 2 amide bonds. The molecular weight excluding hydrogens is 472 g/mol. The largest absolute Gasteiger partial charge is 0.497 e. The minimum Gasteiger partial charge on any atom is -0.497 e. The Morgan fingerprint density at radius 3 is 2.11 bits per heavy atom. The second-order valence-corrected chi connectivity index (χ2v) is 9.54. The molecule has 0 saturated carbocycles. The zero-order valence-electron chi connectivity index (χ0n) is 22.2. The number of methoxy groups -OCH3 is 1. The van der Waals surface area contributed by atoms with Crippen LogP contribution in [0.2, 0.25) is 0 Å². The van der Waals surface area contributed by atoms with E-state index in [0.717, 1.165) is 45.7 Å². The summed E-state index contributed by atoms with van der Waals surface area (Å²) in [6, 6.07) is 31.4. The average Bonchev–Trinajstić information content (AvgIpc) is 2.93. The van der Waals surface area contributed by atoms with Crippen LogP contribution in [0.1, 0.15) is 38.2 Å². The smallest absolute Gasteiger partial charge is 0.258 e. The average molecular weight is 507 g/mol. The van der Waals surface area contributed by atoms with Gasteiger partial charge >= 0.3 is 0 Å². The van der Waals surface area contributed by atoms with Crippen molar-refractivity contribution in [1.29, 1.82) is 0 Å². The van der Waals surface area contributed by atoms with Crippen molar-refractivity contribution in [3.05, 3.63) is 130 Å². The number of anilines is 1. The van der Waals surface area contributed by atoms with Gasteiger partial charge in [-0.25, -0.2) is 0 Å². The van der Waals surface area contributed by atoms with Gasteiger partial charge in [-0.1, -0.05) is 71.8 Å². The van der Waals surface area contributed by atoms with Crippen LogP contribution in [0.15, 0.2) is 97.1 Å². The normalized spacial score (nSPS) is 10.6. The highest BCUT2D eigenvalue weighted by Crippen LogP contribution is 2.22. The van der Waals surface area contributed by atoms with Gasteiger partial charge in [-0.3, -0.25) is 9.59 Å². The van der Waals surface area contributed by atoms with E-state index >= 15 is 0 Å². The SMILES string of the molecule is COc1ccc(CCNC(=O)Cc2ccc(N(Cc3cccc(C)c3)C(=O)c3ccc(C)cc3)cc2)cc1. The monoisotopic (exact) mass is 506 g/mol. The van der Waals surface area contributed by atoms with Crippen LogP contribution in [0.5, 0.6) is 5.75 Å². The third-order valence-corrected chi connectivity index (χ3v) is 6.47. The van der Waals surface area contributed by atoms with Crippen molar-refractivity contribution in [1.82, 2.24) is 5.32 Å². The fourth-order valence-corrected chi connectivity index (χ4v) is 4.31. The lowest BCUT2D eigenvalue weighted by Gasteiger charge is -2.24. The number of aryl methyl sites for hydroxylation is 2. The second kappa shape index (κ2) is 12.7. The van der Waals surface area contributed by atoms with Gasteiger partial charge in [0.15, 0.2) is 0 Å². The molecule has 0 aromatic heterocycles. The number of amides is 2. The Morgan fingerprint density at radius 1 is 0.763 bits per heavy atom. The molecule has 4 aromatic carbocycles. The van der Waals surface area contributed by atoms with Gasteiger partial charge in [-0.05, 0) is 73.4 Å². The van der Waals surface area contributed by atoms with Crippen molar-refractivity contribution in [3.8, 4) is 5.75 Å².